The number of nitrogens with two attached hydrogens (primary N) is 1. The maximum absolute atomic E-state index is 12.8. The highest BCUT2D eigenvalue weighted by molar-refractivity contribution is 6.06. The second-order valence-corrected chi connectivity index (χ2v) is 18.7. The van der Waals surface area contributed by atoms with E-state index in [0.717, 1.165) is 41.0 Å². The lowest BCUT2D eigenvalue weighted by Gasteiger charge is -2.37. The SMILES string of the molecule is CC(=O)OCC1CC(O)CC(OCCCCC(=O)NCCOCCN/C=C(\N)CO)O1.COc1ccc(C(OC[C@@H]2CC[C@H](n3cnc4c(NC(=O)c5ccccc5)ncnc43)O2)(c2ccccc2)c2ccc(OC)cc2)cc1. The van der Waals surface area contributed by atoms with Gasteiger partial charge >= 0.3 is 5.97 Å². The first-order valence-electron chi connectivity index (χ1n) is 26.4. The van der Waals surface area contributed by atoms with E-state index in [-0.39, 0.29) is 49.4 Å². The number of anilines is 1. The van der Waals surface area contributed by atoms with Crippen molar-refractivity contribution in [3.63, 3.8) is 0 Å². The number of fused-ring (bicyclic) bond motifs is 1. The number of ether oxygens (including phenoxy) is 8. The predicted molar refractivity (Wildman–Crippen MR) is 293 cm³/mol. The molecule has 2 aromatic heterocycles. The van der Waals surface area contributed by atoms with E-state index in [1.165, 1.54) is 19.5 Å². The normalized spacial score (nSPS) is 18.2. The van der Waals surface area contributed by atoms with Crippen molar-refractivity contribution in [3.8, 4) is 11.5 Å². The fraction of sp³-hybridized carbons (Fsp3) is 0.414. The summed E-state index contributed by atoms with van der Waals surface area (Å²) in [6.07, 6.45) is 6.67. The summed E-state index contributed by atoms with van der Waals surface area (Å²) in [4.78, 5) is 48.9. The van der Waals surface area contributed by atoms with E-state index in [9.17, 15) is 19.5 Å². The van der Waals surface area contributed by atoms with Gasteiger partial charge in [0.1, 0.15) is 36.3 Å². The zero-order valence-electron chi connectivity index (χ0n) is 44.9. The molecule has 2 saturated heterocycles. The Hall–Kier alpha value is -7.50. The van der Waals surface area contributed by atoms with Gasteiger partial charge in [-0.3, -0.25) is 19.0 Å². The van der Waals surface area contributed by atoms with Crippen molar-refractivity contribution in [2.24, 2.45) is 5.73 Å². The van der Waals surface area contributed by atoms with Gasteiger partial charge in [0.2, 0.25) is 5.91 Å². The van der Waals surface area contributed by atoms with E-state index >= 15 is 0 Å². The minimum atomic E-state index is -0.942. The standard InChI is InChI=1S/C38H35N5O5.C20H37N3O8/c1-45-30-17-13-28(14-18-30)38(27-11-7-4-8-12-27,29-15-19-31(46-2)20-16-29)47-23-32-21-22-33(48-32)43-25-41-34-35(39-24-40-36(34)43)42-37(44)26-9-5-3-6-10-26;1-15(25)30-14-18-10-17(26)11-20(31-18)29-7-3-2-4-19(27)23-6-9-28-8-5-22-12-16(21)13-24/h3-20,24-25,32-33H,21-23H2,1-2H3,(H,39,40,42,44);12,17-18,20,22,24,26H,2-11,13-14,21H2,1H3,(H,23,27)/b;16-12-/t32-,33+;/m0./s1. The number of hydrogen-bond donors (Lipinski definition) is 6. The lowest BCUT2D eigenvalue weighted by atomic mass is 9.80. The van der Waals surface area contributed by atoms with Crippen LogP contribution in [-0.2, 0) is 43.6 Å². The van der Waals surface area contributed by atoms with E-state index in [1.54, 1.807) is 32.7 Å². The fourth-order valence-corrected chi connectivity index (χ4v) is 9.04. The molecule has 0 bridgehead atoms. The number of aliphatic hydroxyl groups excluding tert-OH is 2. The van der Waals surface area contributed by atoms with Crippen LogP contribution in [0.5, 0.6) is 11.5 Å². The number of rotatable bonds is 27. The number of aromatic nitrogens is 4. The lowest BCUT2D eigenvalue weighted by Crippen LogP contribution is -2.39. The van der Waals surface area contributed by atoms with Crippen molar-refractivity contribution >= 4 is 34.8 Å². The third-order valence-corrected chi connectivity index (χ3v) is 13.0. The Morgan fingerprint density at radius 1 is 0.785 bits per heavy atom. The van der Waals surface area contributed by atoms with E-state index in [0.29, 0.717) is 99.9 Å². The average Bonchev–Trinajstić information content (AvgIpc) is 4.16. The van der Waals surface area contributed by atoms with Crippen LogP contribution in [-0.4, -0.2) is 139 Å². The molecule has 2 fully saturated rings. The van der Waals surface area contributed by atoms with Gasteiger partial charge < -0.3 is 69.8 Å². The number of esters is 1. The van der Waals surface area contributed by atoms with Gasteiger partial charge in [0.15, 0.2) is 23.3 Å². The molecule has 5 atom stereocenters. The fourth-order valence-electron chi connectivity index (χ4n) is 9.04. The number of amides is 2. The smallest absolute Gasteiger partial charge is 0.302 e. The van der Waals surface area contributed by atoms with Crippen LogP contribution in [0.2, 0.25) is 0 Å². The molecule has 0 radical (unpaired) electrons. The first kappa shape index (κ1) is 59.2. The number of hydrogen-bond acceptors (Lipinski definition) is 18. The Morgan fingerprint density at radius 3 is 2.13 bits per heavy atom. The van der Waals surface area contributed by atoms with Crippen LogP contribution in [0.4, 0.5) is 5.82 Å². The van der Waals surface area contributed by atoms with Crippen LogP contribution >= 0.6 is 0 Å². The van der Waals surface area contributed by atoms with Crippen molar-refractivity contribution in [2.45, 2.75) is 88.3 Å². The third-order valence-electron chi connectivity index (χ3n) is 13.0. The summed E-state index contributed by atoms with van der Waals surface area (Å²) in [5.74, 6) is 1.16. The van der Waals surface area contributed by atoms with Gasteiger partial charge in [0, 0.05) is 63.3 Å². The number of unbranched alkanes of at least 4 members (excludes halogenated alkanes) is 1. The highest BCUT2D eigenvalue weighted by Gasteiger charge is 2.40. The number of nitrogens with one attached hydrogen (secondary N) is 3. The van der Waals surface area contributed by atoms with Crippen molar-refractivity contribution < 1.29 is 62.5 Å². The number of benzene rings is 4. The average molecular weight is 1090 g/mol. The first-order valence-corrected chi connectivity index (χ1v) is 26.4. The van der Waals surface area contributed by atoms with Crippen LogP contribution in [0.1, 0.15) is 85.1 Å². The minimum Gasteiger partial charge on any atom is -0.497 e. The highest BCUT2D eigenvalue weighted by atomic mass is 16.7. The molecule has 2 aliphatic heterocycles. The van der Waals surface area contributed by atoms with Crippen LogP contribution < -0.4 is 31.2 Å². The lowest BCUT2D eigenvalue weighted by molar-refractivity contribution is -0.224. The molecule has 8 rings (SSSR count). The number of carbonyl (C=O) groups is 3. The molecule has 0 spiro atoms. The maximum atomic E-state index is 12.8. The number of imidazole rings is 1. The molecule has 21 heteroatoms. The second kappa shape index (κ2) is 30.6. The summed E-state index contributed by atoms with van der Waals surface area (Å²) < 4.78 is 48.1. The zero-order valence-corrected chi connectivity index (χ0v) is 44.9. The van der Waals surface area contributed by atoms with Gasteiger partial charge in [-0.2, -0.15) is 0 Å². The molecule has 0 saturated carbocycles. The Kier molecular flexibility index (Phi) is 22.9. The van der Waals surface area contributed by atoms with Crippen molar-refractivity contribution in [2.75, 3.05) is 72.3 Å². The molecule has 2 aliphatic rings. The van der Waals surface area contributed by atoms with Crippen molar-refractivity contribution in [1.29, 1.82) is 0 Å². The molecular formula is C58H72N8O13. The van der Waals surface area contributed by atoms with Crippen LogP contribution in [0.25, 0.3) is 11.2 Å². The summed E-state index contributed by atoms with van der Waals surface area (Å²) in [5.41, 5.74) is 9.32. The molecule has 7 N–H and O–H groups in total. The number of methoxy groups -OCH3 is 2. The number of aliphatic hydroxyl groups is 2. The molecule has 6 aromatic rings. The summed E-state index contributed by atoms with van der Waals surface area (Å²) in [6, 6.07) is 35.1. The van der Waals surface area contributed by atoms with Gasteiger partial charge in [-0.25, -0.2) is 15.0 Å². The topological polar surface area (TPSA) is 271 Å². The summed E-state index contributed by atoms with van der Waals surface area (Å²) in [7, 11) is 3.31. The van der Waals surface area contributed by atoms with Crippen LogP contribution in [0.15, 0.2) is 134 Å². The van der Waals surface area contributed by atoms with Crippen LogP contribution in [0, 0.1) is 0 Å². The summed E-state index contributed by atoms with van der Waals surface area (Å²) >= 11 is 0. The molecule has 3 unspecified atom stereocenters. The number of nitrogens with zero attached hydrogens (tertiary/aromatic N) is 4. The van der Waals surface area contributed by atoms with Gasteiger partial charge in [0.05, 0.1) is 65.3 Å². The minimum absolute atomic E-state index is 0.0499. The van der Waals surface area contributed by atoms with Gasteiger partial charge in [-0.1, -0.05) is 72.8 Å². The Morgan fingerprint density at radius 2 is 1.46 bits per heavy atom. The van der Waals surface area contributed by atoms with Gasteiger partial charge in [-0.15, -0.1) is 0 Å². The molecule has 79 heavy (non-hydrogen) atoms. The van der Waals surface area contributed by atoms with Gasteiger partial charge in [0.25, 0.3) is 5.91 Å². The predicted octanol–water partition coefficient (Wildman–Crippen LogP) is 5.90. The molecule has 4 aromatic carbocycles. The third kappa shape index (κ3) is 17.2. The molecular weight excluding hydrogens is 1020 g/mol. The quantitative estimate of drug-likeness (QED) is 0.0199. The molecule has 0 aliphatic carbocycles. The highest BCUT2D eigenvalue weighted by Crippen LogP contribution is 2.43. The molecule has 2 amide bonds. The van der Waals surface area contributed by atoms with Crippen molar-refractivity contribution in [3.05, 3.63) is 156 Å². The Balaban J connectivity index is 0.000000254. The largest absolute Gasteiger partial charge is 0.497 e. The molecule has 4 heterocycles. The maximum Gasteiger partial charge on any atom is 0.302 e. The summed E-state index contributed by atoms with van der Waals surface area (Å²) in [5, 5.41) is 27.2. The van der Waals surface area contributed by atoms with E-state index in [1.807, 2.05) is 89.5 Å². The van der Waals surface area contributed by atoms with E-state index < -0.39 is 18.0 Å². The zero-order chi connectivity index (χ0) is 55.8. The van der Waals surface area contributed by atoms with E-state index in [2.05, 4.69) is 43.0 Å². The second-order valence-electron chi connectivity index (χ2n) is 18.7. The Bertz CT molecular complexity index is 2790. The number of carbonyl (C=O) groups excluding carboxylic acids is 3. The van der Waals surface area contributed by atoms with E-state index in [4.69, 9.17) is 48.7 Å². The van der Waals surface area contributed by atoms with Gasteiger partial charge in [-0.05, 0) is 78.8 Å². The molecule has 422 valence electrons. The monoisotopic (exact) mass is 1090 g/mol. The first-order chi connectivity index (χ1) is 38.5. The Labute approximate surface area is 459 Å². The molecule has 21 nitrogen and oxygen atoms in total. The van der Waals surface area contributed by atoms with Crippen LogP contribution in [0.3, 0.4) is 0 Å². The van der Waals surface area contributed by atoms with Crippen molar-refractivity contribution in [1.82, 2.24) is 30.2 Å². The summed E-state index contributed by atoms with van der Waals surface area (Å²) in [6.45, 7) is 3.82.